The highest BCUT2D eigenvalue weighted by atomic mass is 13.6. The van der Waals surface area contributed by atoms with Gasteiger partial charge in [0.1, 0.15) is 0 Å². The predicted molar refractivity (Wildman–Crippen MR) is 45.2 cm³/mol. The molecule has 0 saturated heterocycles. The summed E-state index contributed by atoms with van der Waals surface area (Å²) in [5.41, 5.74) is 0. The van der Waals surface area contributed by atoms with Crippen LogP contribution in [0.3, 0.4) is 0 Å². The zero-order chi connectivity index (χ0) is 7.66. The summed E-state index contributed by atoms with van der Waals surface area (Å²) in [5.74, 6) is 10.9. The quantitative estimate of drug-likeness (QED) is 0.441. The summed E-state index contributed by atoms with van der Waals surface area (Å²) in [5, 5.41) is 0. The second kappa shape index (κ2) is 7.60. The molecular weight excluding hydrogens is 120 g/mol. The van der Waals surface area contributed by atoms with Crippen LogP contribution in [0, 0.1) is 23.7 Å². The molecular formula is C10H10. The Balaban J connectivity index is 3.78. The van der Waals surface area contributed by atoms with Crippen molar-refractivity contribution in [3.8, 4) is 23.7 Å². The highest BCUT2D eigenvalue weighted by molar-refractivity contribution is 5.33. The smallest absolute Gasteiger partial charge is 0.0102 e. The largest absolute Gasteiger partial charge is 0.0792 e. The molecule has 0 N–H and O–H groups in total. The Hall–Kier alpha value is -1.40. The standard InChI is InChI=1S/C10H10/c1-3-5-7-9-10-8-6-4-2/h3-6H,1-2H3/b5-3-,6-4-. The lowest BCUT2D eigenvalue weighted by molar-refractivity contribution is 1.76. The number of rotatable bonds is 0. The minimum absolute atomic E-state index is 1.77. The molecule has 0 aromatic heterocycles. The fourth-order valence-electron chi connectivity index (χ4n) is 0.322. The van der Waals surface area contributed by atoms with E-state index >= 15 is 0 Å². The van der Waals surface area contributed by atoms with Gasteiger partial charge in [-0.1, -0.05) is 24.0 Å². The van der Waals surface area contributed by atoms with Gasteiger partial charge < -0.3 is 0 Å². The van der Waals surface area contributed by atoms with Crippen LogP contribution in [0.5, 0.6) is 0 Å². The molecule has 0 spiro atoms. The molecule has 0 saturated carbocycles. The third kappa shape index (κ3) is 6.60. The van der Waals surface area contributed by atoms with E-state index in [0.29, 0.717) is 0 Å². The first-order valence-corrected chi connectivity index (χ1v) is 3.15. The molecule has 50 valence electrons. The van der Waals surface area contributed by atoms with Gasteiger partial charge in [0.25, 0.3) is 0 Å². The SMILES string of the molecule is C/C=C\C#CC#C/C=C\C. The molecule has 0 atom stereocenters. The van der Waals surface area contributed by atoms with Crippen molar-refractivity contribution < 1.29 is 0 Å². The number of allylic oxidation sites excluding steroid dienone is 4. The molecule has 0 bridgehead atoms. The first-order valence-electron chi connectivity index (χ1n) is 3.15. The normalized spacial score (nSPS) is 8.60. The molecule has 10 heavy (non-hydrogen) atoms. The van der Waals surface area contributed by atoms with Crippen LogP contribution in [0.4, 0.5) is 0 Å². The Morgan fingerprint density at radius 3 is 1.50 bits per heavy atom. The van der Waals surface area contributed by atoms with E-state index < -0.39 is 0 Å². The summed E-state index contributed by atoms with van der Waals surface area (Å²) in [6.07, 6.45) is 7.30. The average Bonchev–Trinajstić information content (AvgIpc) is 1.97. The highest BCUT2D eigenvalue weighted by Gasteiger charge is 1.54. The van der Waals surface area contributed by atoms with Crippen molar-refractivity contribution >= 4 is 0 Å². The molecule has 0 aromatic rings. The van der Waals surface area contributed by atoms with E-state index in [1.807, 2.05) is 26.0 Å². The molecule has 0 rings (SSSR count). The van der Waals surface area contributed by atoms with Crippen LogP contribution in [0.2, 0.25) is 0 Å². The molecule has 0 unspecified atom stereocenters. The lowest BCUT2D eigenvalue weighted by atomic mass is 10.4. The Bertz CT molecular complexity index is 205. The van der Waals surface area contributed by atoms with Crippen LogP contribution in [0.25, 0.3) is 0 Å². The van der Waals surface area contributed by atoms with Crippen LogP contribution >= 0.6 is 0 Å². The van der Waals surface area contributed by atoms with Crippen molar-refractivity contribution in [2.24, 2.45) is 0 Å². The lowest BCUT2D eigenvalue weighted by Gasteiger charge is -1.60. The van der Waals surface area contributed by atoms with Crippen LogP contribution in [0.15, 0.2) is 24.3 Å². The van der Waals surface area contributed by atoms with Crippen LogP contribution in [0.1, 0.15) is 13.8 Å². The van der Waals surface area contributed by atoms with E-state index in [-0.39, 0.29) is 0 Å². The van der Waals surface area contributed by atoms with Crippen LogP contribution in [-0.2, 0) is 0 Å². The Labute approximate surface area is 62.6 Å². The van der Waals surface area contributed by atoms with Gasteiger partial charge in [0.2, 0.25) is 0 Å². The second-order valence-electron chi connectivity index (χ2n) is 1.54. The lowest BCUT2D eigenvalue weighted by Crippen LogP contribution is -1.50. The van der Waals surface area contributed by atoms with Gasteiger partial charge >= 0.3 is 0 Å². The Morgan fingerprint density at radius 1 is 0.800 bits per heavy atom. The molecule has 0 amide bonds. The number of hydrogen-bond donors (Lipinski definition) is 0. The van der Waals surface area contributed by atoms with Gasteiger partial charge in [-0.2, -0.15) is 0 Å². The summed E-state index contributed by atoms with van der Waals surface area (Å²) in [4.78, 5) is 0. The van der Waals surface area contributed by atoms with Gasteiger partial charge in [-0.3, -0.25) is 0 Å². The van der Waals surface area contributed by atoms with Crippen molar-refractivity contribution in [1.29, 1.82) is 0 Å². The van der Waals surface area contributed by atoms with Gasteiger partial charge in [-0.15, -0.1) is 0 Å². The maximum Gasteiger partial charge on any atom is -0.0102 e. The van der Waals surface area contributed by atoms with E-state index in [1.54, 1.807) is 12.2 Å². The van der Waals surface area contributed by atoms with Crippen molar-refractivity contribution in [1.82, 2.24) is 0 Å². The van der Waals surface area contributed by atoms with Gasteiger partial charge in [-0.05, 0) is 37.8 Å². The van der Waals surface area contributed by atoms with Gasteiger partial charge in [0.05, 0.1) is 0 Å². The monoisotopic (exact) mass is 130 g/mol. The van der Waals surface area contributed by atoms with Crippen molar-refractivity contribution in [3.05, 3.63) is 24.3 Å². The maximum absolute atomic E-state index is 2.76. The second-order valence-corrected chi connectivity index (χ2v) is 1.54. The van der Waals surface area contributed by atoms with Gasteiger partial charge in [0, 0.05) is 0 Å². The molecule has 0 radical (unpaired) electrons. The zero-order valence-electron chi connectivity index (χ0n) is 6.31. The highest BCUT2D eigenvalue weighted by Crippen LogP contribution is 1.65. The molecule has 0 aliphatic rings. The zero-order valence-corrected chi connectivity index (χ0v) is 6.31. The maximum atomic E-state index is 2.76. The van der Waals surface area contributed by atoms with E-state index in [9.17, 15) is 0 Å². The van der Waals surface area contributed by atoms with E-state index in [0.717, 1.165) is 0 Å². The summed E-state index contributed by atoms with van der Waals surface area (Å²) in [7, 11) is 0. The minimum Gasteiger partial charge on any atom is -0.0792 e. The average molecular weight is 130 g/mol. The fraction of sp³-hybridized carbons (Fsp3) is 0.200. The minimum atomic E-state index is 1.77. The van der Waals surface area contributed by atoms with Gasteiger partial charge in [-0.25, -0.2) is 0 Å². The molecule has 0 aliphatic heterocycles. The summed E-state index contributed by atoms with van der Waals surface area (Å²) in [6, 6.07) is 0. The van der Waals surface area contributed by atoms with Crippen LogP contribution < -0.4 is 0 Å². The molecule has 0 aliphatic carbocycles. The van der Waals surface area contributed by atoms with Crippen molar-refractivity contribution in [3.63, 3.8) is 0 Å². The molecule has 0 fully saturated rings. The molecule has 0 heterocycles. The van der Waals surface area contributed by atoms with E-state index in [2.05, 4.69) is 23.7 Å². The molecule has 0 heteroatoms. The molecule has 0 aromatic carbocycles. The third-order valence-electron chi connectivity index (χ3n) is 0.707. The van der Waals surface area contributed by atoms with E-state index in [4.69, 9.17) is 0 Å². The number of hydrogen-bond acceptors (Lipinski definition) is 0. The fourth-order valence-corrected chi connectivity index (χ4v) is 0.322. The predicted octanol–water partition coefficient (Wildman–Crippen LogP) is 2.15. The van der Waals surface area contributed by atoms with Crippen molar-refractivity contribution in [2.45, 2.75) is 13.8 Å². The van der Waals surface area contributed by atoms with E-state index in [1.165, 1.54) is 0 Å². The van der Waals surface area contributed by atoms with Crippen LogP contribution in [-0.4, -0.2) is 0 Å². The summed E-state index contributed by atoms with van der Waals surface area (Å²) >= 11 is 0. The first kappa shape index (κ1) is 8.60. The van der Waals surface area contributed by atoms with Crippen molar-refractivity contribution in [2.75, 3.05) is 0 Å². The Kier molecular flexibility index (Phi) is 6.54. The summed E-state index contributed by atoms with van der Waals surface area (Å²) < 4.78 is 0. The van der Waals surface area contributed by atoms with Gasteiger partial charge in [0.15, 0.2) is 0 Å². The Morgan fingerprint density at radius 2 is 1.20 bits per heavy atom. The topological polar surface area (TPSA) is 0 Å². The summed E-state index contributed by atoms with van der Waals surface area (Å²) in [6.45, 7) is 3.85. The first-order chi connectivity index (χ1) is 4.91. The molecule has 0 nitrogen and oxygen atoms in total. The third-order valence-corrected chi connectivity index (χ3v) is 0.707.